The summed E-state index contributed by atoms with van der Waals surface area (Å²) in [6.07, 6.45) is 6.23. The van der Waals surface area contributed by atoms with Crippen LogP contribution in [-0.2, 0) is 0 Å². The van der Waals surface area contributed by atoms with Crippen LogP contribution in [0.3, 0.4) is 0 Å². The average molecular weight is 275 g/mol. The second kappa shape index (κ2) is 6.88. The van der Waals surface area contributed by atoms with Gasteiger partial charge in [-0.05, 0) is 43.9 Å². The fourth-order valence-corrected chi connectivity index (χ4v) is 3.06. The smallest absolute Gasteiger partial charge is 0.229 e. The van der Waals surface area contributed by atoms with Gasteiger partial charge in [-0.15, -0.1) is 0 Å². The summed E-state index contributed by atoms with van der Waals surface area (Å²) in [5.74, 6) is 3.86. The molecule has 0 N–H and O–H groups in total. The molecule has 20 heavy (non-hydrogen) atoms. The molecule has 2 rings (SSSR count). The number of nitrogens with zero attached hydrogens (tertiary/aromatic N) is 3. The van der Waals surface area contributed by atoms with E-state index < -0.39 is 0 Å². The van der Waals surface area contributed by atoms with Gasteiger partial charge in [0.2, 0.25) is 5.89 Å². The number of hydrogen-bond donors (Lipinski definition) is 0. The van der Waals surface area contributed by atoms with Crippen LogP contribution in [0.25, 0.3) is 0 Å². The van der Waals surface area contributed by atoms with Gasteiger partial charge in [0.25, 0.3) is 0 Å². The first-order valence-electron chi connectivity index (χ1n) is 7.82. The summed E-state index contributed by atoms with van der Waals surface area (Å²) in [5.41, 5.74) is 0. The minimum atomic E-state index is 0.183. The zero-order valence-electron chi connectivity index (χ0n) is 12.8. The first-order chi connectivity index (χ1) is 9.61. The molecule has 1 heterocycles. The molecule has 1 fully saturated rings. The summed E-state index contributed by atoms with van der Waals surface area (Å²) in [6.45, 7) is 6.67. The van der Waals surface area contributed by atoms with E-state index in [1.165, 1.54) is 25.7 Å². The van der Waals surface area contributed by atoms with E-state index in [2.05, 4.69) is 30.1 Å². The summed E-state index contributed by atoms with van der Waals surface area (Å²) >= 11 is 0. The van der Waals surface area contributed by atoms with Crippen molar-refractivity contribution in [1.82, 2.24) is 10.1 Å². The summed E-state index contributed by atoms with van der Waals surface area (Å²) < 4.78 is 5.38. The van der Waals surface area contributed by atoms with Crippen molar-refractivity contribution in [2.24, 2.45) is 11.8 Å². The molecule has 1 aliphatic rings. The van der Waals surface area contributed by atoms with E-state index in [0.717, 1.165) is 24.1 Å². The maximum Gasteiger partial charge on any atom is 0.229 e. The van der Waals surface area contributed by atoms with Gasteiger partial charge in [-0.2, -0.15) is 10.2 Å². The van der Waals surface area contributed by atoms with E-state index in [9.17, 15) is 0 Å². The molecule has 0 saturated heterocycles. The Labute approximate surface area is 121 Å². The number of hydrogen-bond acceptors (Lipinski definition) is 4. The van der Waals surface area contributed by atoms with Crippen molar-refractivity contribution in [2.45, 2.75) is 71.1 Å². The molecule has 1 saturated carbocycles. The van der Waals surface area contributed by atoms with E-state index in [-0.39, 0.29) is 5.92 Å². The summed E-state index contributed by atoms with van der Waals surface area (Å²) in [6, 6.07) is 2.16. The molecule has 1 aromatic rings. The minimum Gasteiger partial charge on any atom is -0.339 e. The van der Waals surface area contributed by atoms with Gasteiger partial charge < -0.3 is 4.52 Å². The standard InChI is InChI=1S/C16H25N3O/c1-11(2)13-6-8-14(9-7-13)15-18-16(20-19-15)12(3)5-4-10-17/h11-14H,4-9H2,1-3H3. The van der Waals surface area contributed by atoms with Gasteiger partial charge >= 0.3 is 0 Å². The molecule has 110 valence electrons. The van der Waals surface area contributed by atoms with Crippen molar-refractivity contribution in [3.05, 3.63) is 11.7 Å². The Morgan fingerprint density at radius 3 is 2.55 bits per heavy atom. The van der Waals surface area contributed by atoms with Crippen molar-refractivity contribution in [1.29, 1.82) is 5.26 Å². The fraction of sp³-hybridized carbons (Fsp3) is 0.812. The molecule has 4 heteroatoms. The normalized spacial score (nSPS) is 24.6. The van der Waals surface area contributed by atoms with Gasteiger partial charge in [0.1, 0.15) is 0 Å². The third kappa shape index (κ3) is 3.59. The van der Waals surface area contributed by atoms with Crippen molar-refractivity contribution < 1.29 is 4.52 Å². The van der Waals surface area contributed by atoms with Gasteiger partial charge in [0.05, 0.1) is 6.07 Å². The van der Waals surface area contributed by atoms with Crippen LogP contribution in [0.1, 0.15) is 82.8 Å². The van der Waals surface area contributed by atoms with Crippen LogP contribution in [0, 0.1) is 23.2 Å². The number of aromatic nitrogens is 2. The van der Waals surface area contributed by atoms with Crippen LogP contribution in [0.15, 0.2) is 4.52 Å². The van der Waals surface area contributed by atoms with E-state index in [1.807, 2.05) is 6.92 Å². The molecule has 4 nitrogen and oxygen atoms in total. The Morgan fingerprint density at radius 2 is 1.95 bits per heavy atom. The Hall–Kier alpha value is -1.37. The van der Waals surface area contributed by atoms with E-state index in [4.69, 9.17) is 9.78 Å². The summed E-state index contributed by atoms with van der Waals surface area (Å²) in [7, 11) is 0. The molecule has 1 aromatic heterocycles. The first kappa shape index (κ1) is 15.0. The van der Waals surface area contributed by atoms with Crippen molar-refractivity contribution in [3.63, 3.8) is 0 Å². The minimum absolute atomic E-state index is 0.183. The number of nitriles is 1. The van der Waals surface area contributed by atoms with Crippen molar-refractivity contribution in [2.75, 3.05) is 0 Å². The molecule has 0 amide bonds. The Balaban J connectivity index is 1.91. The van der Waals surface area contributed by atoms with Crippen LogP contribution in [0.2, 0.25) is 0 Å². The highest BCUT2D eigenvalue weighted by Crippen LogP contribution is 2.37. The monoisotopic (exact) mass is 275 g/mol. The van der Waals surface area contributed by atoms with Crippen LogP contribution in [0.4, 0.5) is 0 Å². The third-order valence-electron chi connectivity index (χ3n) is 4.65. The molecule has 1 aliphatic carbocycles. The van der Waals surface area contributed by atoms with Crippen LogP contribution in [-0.4, -0.2) is 10.1 Å². The molecule has 0 aromatic carbocycles. The lowest BCUT2D eigenvalue weighted by atomic mass is 9.77. The molecule has 0 aliphatic heterocycles. The molecular weight excluding hydrogens is 250 g/mol. The number of rotatable bonds is 5. The molecule has 1 atom stereocenters. The zero-order chi connectivity index (χ0) is 14.5. The average Bonchev–Trinajstić information content (AvgIpc) is 2.94. The largest absolute Gasteiger partial charge is 0.339 e. The van der Waals surface area contributed by atoms with E-state index in [1.54, 1.807) is 0 Å². The van der Waals surface area contributed by atoms with Gasteiger partial charge in [-0.3, -0.25) is 0 Å². The molecule has 0 radical (unpaired) electrons. The van der Waals surface area contributed by atoms with E-state index >= 15 is 0 Å². The van der Waals surface area contributed by atoms with Crippen molar-refractivity contribution >= 4 is 0 Å². The fourth-order valence-electron chi connectivity index (χ4n) is 3.06. The lowest BCUT2D eigenvalue weighted by molar-refractivity contribution is 0.251. The van der Waals surface area contributed by atoms with E-state index in [0.29, 0.717) is 18.2 Å². The van der Waals surface area contributed by atoms with Crippen LogP contribution in [0.5, 0.6) is 0 Å². The molecule has 0 bridgehead atoms. The van der Waals surface area contributed by atoms with Crippen LogP contribution >= 0.6 is 0 Å². The first-order valence-corrected chi connectivity index (χ1v) is 7.82. The van der Waals surface area contributed by atoms with Gasteiger partial charge in [-0.25, -0.2) is 0 Å². The summed E-state index contributed by atoms with van der Waals surface area (Å²) in [4.78, 5) is 4.57. The van der Waals surface area contributed by atoms with Crippen molar-refractivity contribution in [3.8, 4) is 6.07 Å². The van der Waals surface area contributed by atoms with Gasteiger partial charge in [0.15, 0.2) is 5.82 Å². The SMILES string of the molecule is CC(CCC#N)c1nc(C2CCC(C(C)C)CC2)no1. The highest BCUT2D eigenvalue weighted by Gasteiger charge is 2.27. The predicted octanol–water partition coefficient (Wildman–Crippen LogP) is 4.41. The highest BCUT2D eigenvalue weighted by molar-refractivity contribution is 5.00. The summed E-state index contributed by atoms with van der Waals surface area (Å²) in [5, 5.41) is 12.8. The topological polar surface area (TPSA) is 62.7 Å². The lowest BCUT2D eigenvalue weighted by Gasteiger charge is -2.29. The molecule has 0 spiro atoms. The van der Waals surface area contributed by atoms with Gasteiger partial charge in [-0.1, -0.05) is 25.9 Å². The predicted molar refractivity (Wildman–Crippen MR) is 77.1 cm³/mol. The third-order valence-corrected chi connectivity index (χ3v) is 4.65. The maximum atomic E-state index is 8.62. The van der Waals surface area contributed by atoms with Gasteiger partial charge in [0, 0.05) is 18.3 Å². The quantitative estimate of drug-likeness (QED) is 0.798. The zero-order valence-corrected chi connectivity index (χ0v) is 12.8. The van der Waals surface area contributed by atoms with Crippen LogP contribution < -0.4 is 0 Å². The highest BCUT2D eigenvalue weighted by atomic mass is 16.5. The second-order valence-corrected chi connectivity index (χ2v) is 6.44. The maximum absolute atomic E-state index is 8.62. The Bertz CT molecular complexity index is 453. The second-order valence-electron chi connectivity index (χ2n) is 6.44. The Kier molecular flexibility index (Phi) is 5.17. The molecule has 1 unspecified atom stereocenters. The molecular formula is C16H25N3O. The lowest BCUT2D eigenvalue weighted by Crippen LogP contribution is -2.18. The Morgan fingerprint density at radius 1 is 1.25 bits per heavy atom.